The van der Waals surface area contributed by atoms with E-state index in [4.69, 9.17) is 9.47 Å². The van der Waals surface area contributed by atoms with Crippen LogP contribution >= 0.6 is 31.9 Å². The van der Waals surface area contributed by atoms with Crippen molar-refractivity contribution in [1.29, 1.82) is 0 Å². The SMILES string of the molecule is COc1c(Br)cc2c3cc(Br)ccc3n(-c3ccc(NCC(C)O)cc3)c2c1OC. The van der Waals surface area contributed by atoms with Gasteiger partial charge in [0.2, 0.25) is 0 Å². The fraction of sp³-hybridized carbons (Fsp3) is 0.217. The van der Waals surface area contributed by atoms with Gasteiger partial charge in [-0.3, -0.25) is 0 Å². The molecule has 1 heterocycles. The molecule has 0 saturated carbocycles. The first-order valence-electron chi connectivity index (χ1n) is 9.51. The molecule has 4 rings (SSSR count). The summed E-state index contributed by atoms with van der Waals surface area (Å²) in [6.07, 6.45) is -0.407. The molecule has 1 atom stereocenters. The van der Waals surface area contributed by atoms with Gasteiger partial charge < -0.3 is 24.5 Å². The van der Waals surface area contributed by atoms with Gasteiger partial charge >= 0.3 is 0 Å². The third-order valence-corrected chi connectivity index (χ3v) is 6.10. The lowest BCUT2D eigenvalue weighted by Gasteiger charge is -2.15. The van der Waals surface area contributed by atoms with Gasteiger partial charge in [-0.05, 0) is 71.4 Å². The van der Waals surface area contributed by atoms with Gasteiger partial charge in [-0.25, -0.2) is 0 Å². The molecule has 5 nitrogen and oxygen atoms in total. The number of hydrogen-bond donors (Lipinski definition) is 2. The molecule has 0 aliphatic carbocycles. The van der Waals surface area contributed by atoms with E-state index in [-0.39, 0.29) is 0 Å². The van der Waals surface area contributed by atoms with E-state index in [9.17, 15) is 5.11 Å². The summed E-state index contributed by atoms with van der Waals surface area (Å²) in [5.41, 5.74) is 3.96. The maximum Gasteiger partial charge on any atom is 0.186 e. The maximum atomic E-state index is 9.51. The van der Waals surface area contributed by atoms with Crippen molar-refractivity contribution in [1.82, 2.24) is 4.57 Å². The van der Waals surface area contributed by atoms with Crippen molar-refractivity contribution < 1.29 is 14.6 Å². The van der Waals surface area contributed by atoms with Crippen LogP contribution in [0.3, 0.4) is 0 Å². The van der Waals surface area contributed by atoms with Crippen LogP contribution in [0.15, 0.2) is 57.5 Å². The highest BCUT2D eigenvalue weighted by Crippen LogP contribution is 2.46. The molecule has 4 aromatic rings. The molecule has 30 heavy (non-hydrogen) atoms. The Balaban J connectivity index is 2.00. The Bertz CT molecular complexity index is 1220. The first-order chi connectivity index (χ1) is 14.4. The molecule has 0 amide bonds. The van der Waals surface area contributed by atoms with Crippen molar-refractivity contribution in [2.24, 2.45) is 0 Å². The third kappa shape index (κ3) is 3.66. The molecule has 0 fully saturated rings. The third-order valence-electron chi connectivity index (χ3n) is 5.01. The molecule has 0 radical (unpaired) electrons. The molecule has 0 aliphatic rings. The molecule has 0 saturated heterocycles. The second kappa shape index (κ2) is 8.49. The van der Waals surface area contributed by atoms with Crippen LogP contribution in [0.4, 0.5) is 5.69 Å². The summed E-state index contributed by atoms with van der Waals surface area (Å²) < 4.78 is 15.5. The molecule has 0 bridgehead atoms. The average Bonchev–Trinajstić information content (AvgIpc) is 3.04. The van der Waals surface area contributed by atoms with Gasteiger partial charge in [0.25, 0.3) is 0 Å². The van der Waals surface area contributed by atoms with Crippen molar-refractivity contribution in [3.63, 3.8) is 0 Å². The zero-order valence-electron chi connectivity index (χ0n) is 16.9. The largest absolute Gasteiger partial charge is 0.492 e. The predicted octanol–water partition coefficient (Wildman–Crippen LogP) is 6.12. The number of rotatable bonds is 6. The van der Waals surface area contributed by atoms with Gasteiger partial charge in [-0.2, -0.15) is 0 Å². The van der Waals surface area contributed by atoms with E-state index in [2.05, 4.69) is 72.1 Å². The molecule has 0 aliphatic heterocycles. The highest BCUT2D eigenvalue weighted by Gasteiger charge is 2.22. The van der Waals surface area contributed by atoms with Gasteiger partial charge in [-0.15, -0.1) is 0 Å². The fourth-order valence-corrected chi connectivity index (χ4v) is 4.64. The Morgan fingerprint density at radius 1 is 0.967 bits per heavy atom. The molecule has 0 spiro atoms. The van der Waals surface area contributed by atoms with E-state index < -0.39 is 6.10 Å². The second-order valence-electron chi connectivity index (χ2n) is 7.09. The van der Waals surface area contributed by atoms with Crippen LogP contribution in [0.2, 0.25) is 0 Å². The van der Waals surface area contributed by atoms with Crippen molar-refractivity contribution in [3.05, 3.63) is 57.5 Å². The van der Waals surface area contributed by atoms with E-state index in [1.807, 2.05) is 18.2 Å². The molecule has 1 aromatic heterocycles. The standard InChI is InChI=1S/C23H22Br2N2O3/c1-13(28)12-26-15-5-7-16(8-6-15)27-20-9-4-14(24)10-17(20)18-11-19(25)22(29-2)23(30-3)21(18)27/h4-11,13,26,28H,12H2,1-3H3. The summed E-state index contributed by atoms with van der Waals surface area (Å²) in [6, 6.07) is 16.4. The van der Waals surface area contributed by atoms with Crippen molar-refractivity contribution >= 4 is 59.4 Å². The van der Waals surface area contributed by atoms with Crippen LogP contribution in [0.5, 0.6) is 11.5 Å². The number of ether oxygens (including phenoxy) is 2. The minimum atomic E-state index is -0.407. The van der Waals surface area contributed by atoms with E-state index in [0.717, 1.165) is 42.1 Å². The minimum Gasteiger partial charge on any atom is -0.492 e. The summed E-state index contributed by atoms with van der Waals surface area (Å²) >= 11 is 7.22. The molecule has 2 N–H and O–H groups in total. The highest BCUT2D eigenvalue weighted by atomic mass is 79.9. The van der Waals surface area contributed by atoms with E-state index in [1.54, 1.807) is 21.1 Å². The van der Waals surface area contributed by atoms with Crippen LogP contribution in [-0.2, 0) is 0 Å². The summed E-state index contributed by atoms with van der Waals surface area (Å²) in [4.78, 5) is 0. The predicted molar refractivity (Wildman–Crippen MR) is 129 cm³/mol. The van der Waals surface area contributed by atoms with Crippen LogP contribution in [0, 0.1) is 0 Å². The molecule has 1 unspecified atom stereocenters. The average molecular weight is 534 g/mol. The number of halogens is 2. The summed E-state index contributed by atoms with van der Waals surface area (Å²) in [6.45, 7) is 2.26. The quantitative estimate of drug-likeness (QED) is 0.313. The first kappa shape index (κ1) is 21.0. The van der Waals surface area contributed by atoms with Gasteiger partial charge in [0.05, 0.1) is 30.3 Å². The monoisotopic (exact) mass is 532 g/mol. The lowest BCUT2D eigenvalue weighted by atomic mass is 10.1. The van der Waals surface area contributed by atoms with Gasteiger partial charge in [-0.1, -0.05) is 15.9 Å². The summed E-state index contributed by atoms with van der Waals surface area (Å²) in [7, 11) is 3.30. The van der Waals surface area contributed by atoms with Crippen molar-refractivity contribution in [2.45, 2.75) is 13.0 Å². The molecule has 156 valence electrons. The number of benzene rings is 3. The van der Waals surface area contributed by atoms with E-state index >= 15 is 0 Å². The lowest BCUT2D eigenvalue weighted by molar-refractivity contribution is 0.208. The molecular weight excluding hydrogens is 512 g/mol. The Kier molecular flexibility index (Phi) is 5.95. The van der Waals surface area contributed by atoms with Crippen LogP contribution in [0.1, 0.15) is 6.92 Å². The van der Waals surface area contributed by atoms with Crippen molar-refractivity contribution in [3.8, 4) is 17.2 Å². The van der Waals surface area contributed by atoms with Crippen LogP contribution in [-0.4, -0.2) is 36.5 Å². The Morgan fingerprint density at radius 3 is 2.30 bits per heavy atom. The van der Waals surface area contributed by atoms with Gasteiger partial charge in [0.1, 0.15) is 5.52 Å². The molecule has 3 aromatic carbocycles. The van der Waals surface area contributed by atoms with Crippen molar-refractivity contribution in [2.75, 3.05) is 26.1 Å². The zero-order chi connectivity index (χ0) is 21.4. The smallest absolute Gasteiger partial charge is 0.186 e. The number of anilines is 1. The Labute approximate surface area is 191 Å². The fourth-order valence-electron chi connectivity index (χ4n) is 3.71. The van der Waals surface area contributed by atoms with Gasteiger partial charge in [0.15, 0.2) is 11.5 Å². The Hall–Kier alpha value is -2.22. The van der Waals surface area contributed by atoms with E-state index in [0.29, 0.717) is 18.0 Å². The van der Waals surface area contributed by atoms with Crippen LogP contribution < -0.4 is 14.8 Å². The zero-order valence-corrected chi connectivity index (χ0v) is 20.0. The number of hydrogen-bond acceptors (Lipinski definition) is 4. The number of methoxy groups -OCH3 is 2. The number of aliphatic hydroxyl groups excluding tert-OH is 1. The molecule has 7 heteroatoms. The number of nitrogens with zero attached hydrogens (tertiary/aromatic N) is 1. The number of aliphatic hydroxyl groups is 1. The summed E-state index contributed by atoms with van der Waals surface area (Å²) in [5, 5.41) is 14.9. The Morgan fingerprint density at radius 2 is 1.67 bits per heavy atom. The van der Waals surface area contributed by atoms with E-state index in [1.165, 1.54) is 0 Å². The highest BCUT2D eigenvalue weighted by molar-refractivity contribution is 9.10. The maximum absolute atomic E-state index is 9.51. The number of aromatic nitrogens is 1. The minimum absolute atomic E-state index is 0.407. The number of nitrogens with one attached hydrogen (secondary N) is 1. The lowest BCUT2D eigenvalue weighted by Crippen LogP contribution is -2.15. The number of fused-ring (bicyclic) bond motifs is 3. The van der Waals surface area contributed by atoms with Gasteiger partial charge in [0, 0.05) is 33.2 Å². The molecular formula is C23H22Br2N2O3. The normalized spacial score (nSPS) is 12.3. The topological polar surface area (TPSA) is 55.7 Å². The second-order valence-corrected chi connectivity index (χ2v) is 8.86. The van der Waals surface area contributed by atoms with Crippen LogP contribution in [0.25, 0.3) is 27.5 Å². The first-order valence-corrected chi connectivity index (χ1v) is 11.1. The summed E-state index contributed by atoms with van der Waals surface area (Å²) in [5.74, 6) is 1.33.